The second-order valence-corrected chi connectivity index (χ2v) is 5.80. The summed E-state index contributed by atoms with van der Waals surface area (Å²) in [5, 5.41) is 13.4. The third kappa shape index (κ3) is 4.09. The SMILES string of the molecule is O=C(c1cc(Cl)cc(Cl)c1)N(CCO)CC1CCCN1. The third-order valence-electron chi connectivity index (χ3n) is 3.37. The molecule has 1 aliphatic heterocycles. The fraction of sp³-hybridized carbons (Fsp3) is 0.500. The number of amides is 1. The Labute approximate surface area is 128 Å². The molecule has 110 valence electrons. The minimum Gasteiger partial charge on any atom is -0.395 e. The molecule has 1 aromatic rings. The molecule has 20 heavy (non-hydrogen) atoms. The Balaban J connectivity index is 2.12. The molecule has 0 aliphatic carbocycles. The van der Waals surface area contributed by atoms with E-state index in [1.54, 1.807) is 23.1 Å². The van der Waals surface area contributed by atoms with Crippen molar-refractivity contribution in [1.29, 1.82) is 0 Å². The number of carbonyl (C=O) groups is 1. The lowest BCUT2D eigenvalue weighted by Crippen LogP contribution is -2.42. The molecule has 1 amide bonds. The van der Waals surface area contributed by atoms with Gasteiger partial charge in [-0.05, 0) is 37.6 Å². The van der Waals surface area contributed by atoms with E-state index in [0.29, 0.717) is 34.7 Å². The second kappa shape index (κ2) is 7.27. The number of nitrogens with one attached hydrogen (secondary N) is 1. The quantitative estimate of drug-likeness (QED) is 0.875. The monoisotopic (exact) mass is 316 g/mol. The van der Waals surface area contributed by atoms with Crippen molar-refractivity contribution in [2.75, 3.05) is 26.2 Å². The molecule has 6 heteroatoms. The Bertz CT molecular complexity index is 456. The van der Waals surface area contributed by atoms with Crippen LogP contribution in [0.15, 0.2) is 18.2 Å². The summed E-state index contributed by atoms with van der Waals surface area (Å²) in [5.41, 5.74) is 0.453. The summed E-state index contributed by atoms with van der Waals surface area (Å²) in [5.74, 6) is -0.155. The van der Waals surface area contributed by atoms with Crippen molar-refractivity contribution in [3.63, 3.8) is 0 Å². The van der Waals surface area contributed by atoms with Gasteiger partial charge in [-0.25, -0.2) is 0 Å². The van der Waals surface area contributed by atoms with Crippen molar-refractivity contribution in [1.82, 2.24) is 10.2 Å². The molecule has 2 N–H and O–H groups in total. The standard InChI is InChI=1S/C14H18Cl2N2O2/c15-11-6-10(7-12(16)8-11)14(20)18(4-5-19)9-13-2-1-3-17-13/h6-8,13,17,19H,1-5,9H2. The van der Waals surface area contributed by atoms with Crippen LogP contribution in [-0.4, -0.2) is 48.2 Å². The zero-order chi connectivity index (χ0) is 14.5. The highest BCUT2D eigenvalue weighted by atomic mass is 35.5. The third-order valence-corrected chi connectivity index (χ3v) is 3.81. The van der Waals surface area contributed by atoms with Gasteiger partial charge in [-0.2, -0.15) is 0 Å². The zero-order valence-corrected chi connectivity index (χ0v) is 12.6. The molecule has 2 rings (SSSR count). The predicted octanol–water partition coefficient (Wildman–Crippen LogP) is 2.18. The van der Waals surface area contributed by atoms with Crippen LogP contribution in [0.25, 0.3) is 0 Å². The lowest BCUT2D eigenvalue weighted by molar-refractivity contribution is 0.0706. The van der Waals surface area contributed by atoms with Gasteiger partial charge in [0.2, 0.25) is 0 Å². The fourth-order valence-electron chi connectivity index (χ4n) is 2.43. The highest BCUT2D eigenvalue weighted by molar-refractivity contribution is 6.35. The summed E-state index contributed by atoms with van der Waals surface area (Å²) >= 11 is 11.9. The average molecular weight is 317 g/mol. The molecular formula is C14H18Cl2N2O2. The van der Waals surface area contributed by atoms with Crippen LogP contribution in [0.5, 0.6) is 0 Å². The molecule has 0 spiro atoms. The summed E-state index contributed by atoms with van der Waals surface area (Å²) < 4.78 is 0. The van der Waals surface area contributed by atoms with Gasteiger partial charge in [-0.3, -0.25) is 4.79 Å². The number of aliphatic hydroxyl groups excluding tert-OH is 1. The second-order valence-electron chi connectivity index (χ2n) is 4.93. The normalized spacial score (nSPS) is 18.2. The molecule has 0 saturated carbocycles. The summed E-state index contributed by atoms with van der Waals surface area (Å²) in [7, 11) is 0. The summed E-state index contributed by atoms with van der Waals surface area (Å²) in [6.45, 7) is 1.81. The van der Waals surface area contributed by atoms with Crippen LogP contribution in [-0.2, 0) is 0 Å². The summed E-state index contributed by atoms with van der Waals surface area (Å²) in [6, 6.07) is 5.08. The molecule has 1 unspecified atom stereocenters. The highest BCUT2D eigenvalue weighted by Crippen LogP contribution is 2.20. The van der Waals surface area contributed by atoms with E-state index in [4.69, 9.17) is 28.3 Å². The predicted molar refractivity (Wildman–Crippen MR) is 80.5 cm³/mol. The van der Waals surface area contributed by atoms with Crippen LogP contribution >= 0.6 is 23.2 Å². The fourth-order valence-corrected chi connectivity index (χ4v) is 2.96. The number of hydrogen-bond acceptors (Lipinski definition) is 3. The maximum atomic E-state index is 12.5. The molecule has 1 aromatic carbocycles. The Hall–Kier alpha value is -0.810. The number of carbonyl (C=O) groups excluding carboxylic acids is 1. The molecule has 0 aromatic heterocycles. The van der Waals surface area contributed by atoms with Gasteiger partial charge in [0.15, 0.2) is 0 Å². The molecule has 1 fully saturated rings. The van der Waals surface area contributed by atoms with Crippen LogP contribution in [0.1, 0.15) is 23.2 Å². The van der Waals surface area contributed by atoms with Gasteiger partial charge in [0.05, 0.1) is 6.61 Å². The summed E-state index contributed by atoms with van der Waals surface area (Å²) in [6.07, 6.45) is 2.17. The van der Waals surface area contributed by atoms with Gasteiger partial charge in [-0.1, -0.05) is 23.2 Å². The first kappa shape index (κ1) is 15.6. The highest BCUT2D eigenvalue weighted by Gasteiger charge is 2.22. The number of nitrogens with zero attached hydrogens (tertiary/aromatic N) is 1. The van der Waals surface area contributed by atoms with Crippen LogP contribution in [0.3, 0.4) is 0 Å². The molecule has 1 atom stereocenters. The van der Waals surface area contributed by atoms with Gasteiger partial charge in [0.25, 0.3) is 5.91 Å². The molecule has 1 saturated heterocycles. The van der Waals surface area contributed by atoms with Gasteiger partial charge >= 0.3 is 0 Å². The first-order chi connectivity index (χ1) is 9.60. The molecule has 0 radical (unpaired) electrons. The van der Waals surface area contributed by atoms with Gasteiger partial charge < -0.3 is 15.3 Å². The number of aliphatic hydroxyl groups is 1. The number of rotatable bonds is 5. The number of hydrogen-bond donors (Lipinski definition) is 2. The Kier molecular flexibility index (Phi) is 5.66. The zero-order valence-electron chi connectivity index (χ0n) is 11.1. The van der Waals surface area contributed by atoms with E-state index in [1.807, 2.05) is 0 Å². The van der Waals surface area contributed by atoms with Crippen molar-refractivity contribution < 1.29 is 9.90 Å². The maximum absolute atomic E-state index is 12.5. The molecule has 4 nitrogen and oxygen atoms in total. The van der Waals surface area contributed by atoms with Crippen LogP contribution < -0.4 is 5.32 Å². The Morgan fingerprint density at radius 1 is 1.35 bits per heavy atom. The largest absolute Gasteiger partial charge is 0.395 e. The topological polar surface area (TPSA) is 52.6 Å². The van der Waals surface area contributed by atoms with Crippen molar-refractivity contribution in [3.05, 3.63) is 33.8 Å². The van der Waals surface area contributed by atoms with Crippen molar-refractivity contribution in [2.45, 2.75) is 18.9 Å². The first-order valence-corrected chi connectivity index (χ1v) is 7.45. The number of halogens is 2. The average Bonchev–Trinajstić information content (AvgIpc) is 2.89. The minimum atomic E-state index is -0.155. The van der Waals surface area contributed by atoms with Crippen molar-refractivity contribution in [3.8, 4) is 0 Å². The number of benzene rings is 1. The van der Waals surface area contributed by atoms with E-state index in [9.17, 15) is 4.79 Å². The Morgan fingerprint density at radius 2 is 2.05 bits per heavy atom. The van der Waals surface area contributed by atoms with Gasteiger partial charge in [-0.15, -0.1) is 0 Å². The molecule has 1 heterocycles. The van der Waals surface area contributed by atoms with E-state index in [2.05, 4.69) is 5.32 Å². The van der Waals surface area contributed by atoms with E-state index in [-0.39, 0.29) is 12.5 Å². The van der Waals surface area contributed by atoms with E-state index in [1.165, 1.54) is 0 Å². The lowest BCUT2D eigenvalue weighted by Gasteiger charge is -2.25. The van der Waals surface area contributed by atoms with Gasteiger partial charge in [0, 0.05) is 34.7 Å². The lowest BCUT2D eigenvalue weighted by atomic mass is 10.1. The van der Waals surface area contributed by atoms with E-state index >= 15 is 0 Å². The van der Waals surface area contributed by atoms with E-state index in [0.717, 1.165) is 19.4 Å². The first-order valence-electron chi connectivity index (χ1n) is 6.70. The van der Waals surface area contributed by atoms with Crippen LogP contribution in [0, 0.1) is 0 Å². The Morgan fingerprint density at radius 3 is 2.60 bits per heavy atom. The van der Waals surface area contributed by atoms with Crippen LogP contribution in [0.4, 0.5) is 0 Å². The van der Waals surface area contributed by atoms with Crippen molar-refractivity contribution in [2.24, 2.45) is 0 Å². The minimum absolute atomic E-state index is 0.0627. The maximum Gasteiger partial charge on any atom is 0.254 e. The van der Waals surface area contributed by atoms with E-state index < -0.39 is 0 Å². The van der Waals surface area contributed by atoms with Crippen LogP contribution in [0.2, 0.25) is 10.0 Å². The molecule has 0 bridgehead atoms. The summed E-state index contributed by atoms with van der Waals surface area (Å²) in [4.78, 5) is 14.1. The van der Waals surface area contributed by atoms with Gasteiger partial charge in [0.1, 0.15) is 0 Å². The van der Waals surface area contributed by atoms with Crippen molar-refractivity contribution >= 4 is 29.1 Å². The molecular weight excluding hydrogens is 299 g/mol. The molecule has 1 aliphatic rings. The smallest absolute Gasteiger partial charge is 0.254 e.